The molecule has 0 radical (unpaired) electrons. The summed E-state index contributed by atoms with van der Waals surface area (Å²) in [7, 11) is 0. The fraction of sp³-hybridized carbons (Fsp3) is 0.429. The minimum Gasteiger partial charge on any atom is -0.494 e. The quantitative estimate of drug-likeness (QED) is 0.551. The second kappa shape index (κ2) is 8.68. The molecule has 1 atom stereocenters. The smallest absolute Gasteiger partial charge is 0.119 e. The molecule has 2 nitrogen and oxygen atoms in total. The molecule has 0 amide bonds. The van der Waals surface area contributed by atoms with E-state index in [1.54, 1.807) is 0 Å². The molecule has 1 heterocycles. The van der Waals surface area contributed by atoms with Gasteiger partial charge in [-0.25, -0.2) is 0 Å². The standard InChI is InChI=1S/C21H25BrO2/c1-2-3-13-23-19-8-4-16(5-9-19)6-11-21-20-10-7-18(22)15-17(20)12-14-24-21/h4-5,7-10,15,21H,2-3,6,11-14H2,1H3. The summed E-state index contributed by atoms with van der Waals surface area (Å²) in [6.07, 6.45) is 5.53. The molecule has 0 aliphatic carbocycles. The maximum atomic E-state index is 6.02. The first-order chi connectivity index (χ1) is 11.8. The molecule has 0 bridgehead atoms. The first-order valence-electron chi connectivity index (χ1n) is 8.88. The van der Waals surface area contributed by atoms with Gasteiger partial charge in [0.25, 0.3) is 0 Å². The lowest BCUT2D eigenvalue weighted by molar-refractivity contribution is 0.0367. The minimum absolute atomic E-state index is 0.210. The third-order valence-corrected chi connectivity index (χ3v) is 5.02. The zero-order chi connectivity index (χ0) is 16.8. The number of fused-ring (bicyclic) bond motifs is 1. The Hall–Kier alpha value is -1.32. The molecule has 3 heteroatoms. The van der Waals surface area contributed by atoms with Crippen molar-refractivity contribution in [3.05, 3.63) is 63.6 Å². The predicted molar refractivity (Wildman–Crippen MR) is 102 cm³/mol. The Labute approximate surface area is 153 Å². The van der Waals surface area contributed by atoms with E-state index in [1.165, 1.54) is 16.7 Å². The molecule has 0 saturated heterocycles. The Morgan fingerprint density at radius 2 is 2.00 bits per heavy atom. The van der Waals surface area contributed by atoms with E-state index in [1.807, 2.05) is 0 Å². The van der Waals surface area contributed by atoms with Gasteiger partial charge >= 0.3 is 0 Å². The van der Waals surface area contributed by atoms with Gasteiger partial charge in [0.1, 0.15) is 5.75 Å². The number of hydrogen-bond donors (Lipinski definition) is 0. The molecular formula is C21H25BrO2. The van der Waals surface area contributed by atoms with Crippen molar-refractivity contribution >= 4 is 15.9 Å². The summed E-state index contributed by atoms with van der Waals surface area (Å²) in [4.78, 5) is 0. The van der Waals surface area contributed by atoms with Crippen LogP contribution in [0.4, 0.5) is 0 Å². The monoisotopic (exact) mass is 388 g/mol. The van der Waals surface area contributed by atoms with Crippen molar-refractivity contribution in [3.63, 3.8) is 0 Å². The number of rotatable bonds is 7. The number of aryl methyl sites for hydroxylation is 1. The van der Waals surface area contributed by atoms with Crippen molar-refractivity contribution in [2.75, 3.05) is 13.2 Å². The van der Waals surface area contributed by atoms with Gasteiger partial charge in [-0.1, -0.05) is 47.5 Å². The van der Waals surface area contributed by atoms with E-state index in [4.69, 9.17) is 9.47 Å². The first kappa shape index (κ1) is 17.5. The largest absolute Gasteiger partial charge is 0.494 e. The number of unbranched alkanes of at least 4 members (excludes halogenated alkanes) is 1. The lowest BCUT2D eigenvalue weighted by atomic mass is 9.94. The highest BCUT2D eigenvalue weighted by molar-refractivity contribution is 9.10. The summed E-state index contributed by atoms with van der Waals surface area (Å²) >= 11 is 3.56. The molecule has 0 N–H and O–H groups in total. The third-order valence-electron chi connectivity index (χ3n) is 4.53. The summed E-state index contributed by atoms with van der Waals surface area (Å²) in [5, 5.41) is 0. The summed E-state index contributed by atoms with van der Waals surface area (Å²) in [6, 6.07) is 15.1. The number of hydrogen-bond acceptors (Lipinski definition) is 2. The second-order valence-electron chi connectivity index (χ2n) is 6.34. The van der Waals surface area contributed by atoms with E-state index in [9.17, 15) is 0 Å². The van der Waals surface area contributed by atoms with Crippen LogP contribution in [0.1, 0.15) is 49.0 Å². The van der Waals surface area contributed by atoms with Crippen LogP contribution < -0.4 is 4.74 Å². The van der Waals surface area contributed by atoms with Gasteiger partial charge in [-0.15, -0.1) is 0 Å². The van der Waals surface area contributed by atoms with Gasteiger partial charge in [0.2, 0.25) is 0 Å². The molecule has 1 unspecified atom stereocenters. The highest BCUT2D eigenvalue weighted by atomic mass is 79.9. The number of ether oxygens (including phenoxy) is 2. The SMILES string of the molecule is CCCCOc1ccc(CCC2OCCc3cc(Br)ccc32)cc1. The van der Waals surface area contributed by atoms with Crippen LogP contribution >= 0.6 is 15.9 Å². The van der Waals surface area contributed by atoms with E-state index in [-0.39, 0.29) is 6.10 Å². The molecule has 1 aliphatic heterocycles. The van der Waals surface area contributed by atoms with Gasteiger partial charge < -0.3 is 9.47 Å². The topological polar surface area (TPSA) is 18.5 Å². The molecule has 2 aromatic rings. The summed E-state index contributed by atoms with van der Waals surface area (Å²) in [5.74, 6) is 0.969. The van der Waals surface area contributed by atoms with Crippen LogP contribution in [-0.2, 0) is 17.6 Å². The van der Waals surface area contributed by atoms with Crippen molar-refractivity contribution in [2.24, 2.45) is 0 Å². The Morgan fingerprint density at radius 1 is 1.17 bits per heavy atom. The van der Waals surface area contributed by atoms with E-state index < -0.39 is 0 Å². The number of benzene rings is 2. The second-order valence-corrected chi connectivity index (χ2v) is 7.25. The van der Waals surface area contributed by atoms with E-state index >= 15 is 0 Å². The average molecular weight is 389 g/mol. The fourth-order valence-electron chi connectivity index (χ4n) is 3.13. The Balaban J connectivity index is 1.57. The molecule has 0 spiro atoms. The van der Waals surface area contributed by atoms with Crippen molar-refractivity contribution < 1.29 is 9.47 Å². The summed E-state index contributed by atoms with van der Waals surface area (Å²) < 4.78 is 12.9. The first-order valence-corrected chi connectivity index (χ1v) is 9.67. The van der Waals surface area contributed by atoms with Crippen molar-refractivity contribution in [3.8, 4) is 5.75 Å². The molecular weight excluding hydrogens is 364 g/mol. The molecule has 0 aromatic heterocycles. The zero-order valence-corrected chi connectivity index (χ0v) is 15.8. The average Bonchev–Trinajstić information content (AvgIpc) is 2.61. The molecule has 128 valence electrons. The van der Waals surface area contributed by atoms with Crippen LogP contribution in [-0.4, -0.2) is 13.2 Å². The summed E-state index contributed by atoms with van der Waals surface area (Å²) in [6.45, 7) is 3.80. The van der Waals surface area contributed by atoms with Crippen LogP contribution in [0, 0.1) is 0 Å². The van der Waals surface area contributed by atoms with Crippen LogP contribution in [0.2, 0.25) is 0 Å². The van der Waals surface area contributed by atoms with Crippen molar-refractivity contribution in [1.82, 2.24) is 0 Å². The Kier molecular flexibility index (Phi) is 6.33. The highest BCUT2D eigenvalue weighted by Crippen LogP contribution is 2.32. The Bertz CT molecular complexity index is 651. The molecule has 24 heavy (non-hydrogen) atoms. The molecule has 0 saturated carbocycles. The normalized spacial score (nSPS) is 16.7. The van der Waals surface area contributed by atoms with Crippen LogP contribution in [0.3, 0.4) is 0 Å². The predicted octanol–water partition coefficient (Wildman–Crippen LogP) is 5.87. The lowest BCUT2D eigenvalue weighted by Crippen LogP contribution is -2.17. The molecule has 2 aromatic carbocycles. The minimum atomic E-state index is 0.210. The third kappa shape index (κ3) is 4.61. The maximum Gasteiger partial charge on any atom is 0.119 e. The summed E-state index contributed by atoms with van der Waals surface area (Å²) in [5.41, 5.74) is 4.11. The molecule has 3 rings (SSSR count). The van der Waals surface area contributed by atoms with E-state index in [0.717, 1.165) is 55.5 Å². The lowest BCUT2D eigenvalue weighted by Gasteiger charge is -2.26. The van der Waals surface area contributed by atoms with Crippen LogP contribution in [0.15, 0.2) is 46.9 Å². The number of halogens is 1. The fourth-order valence-corrected chi connectivity index (χ4v) is 3.54. The van der Waals surface area contributed by atoms with Gasteiger partial charge in [-0.05, 0) is 66.6 Å². The molecule has 0 fully saturated rings. The van der Waals surface area contributed by atoms with Crippen molar-refractivity contribution in [2.45, 2.75) is 45.1 Å². The molecule has 1 aliphatic rings. The maximum absolute atomic E-state index is 6.02. The Morgan fingerprint density at radius 3 is 2.79 bits per heavy atom. The van der Waals surface area contributed by atoms with Gasteiger partial charge in [-0.3, -0.25) is 0 Å². The van der Waals surface area contributed by atoms with E-state index in [2.05, 4.69) is 65.3 Å². The van der Waals surface area contributed by atoms with Gasteiger partial charge in [0.15, 0.2) is 0 Å². The zero-order valence-electron chi connectivity index (χ0n) is 14.3. The van der Waals surface area contributed by atoms with Crippen molar-refractivity contribution in [1.29, 1.82) is 0 Å². The van der Waals surface area contributed by atoms with E-state index in [0.29, 0.717) is 0 Å². The highest BCUT2D eigenvalue weighted by Gasteiger charge is 2.20. The van der Waals surface area contributed by atoms with Gasteiger partial charge in [-0.2, -0.15) is 0 Å². The van der Waals surface area contributed by atoms with Gasteiger partial charge in [0.05, 0.1) is 19.3 Å². The van der Waals surface area contributed by atoms with Crippen LogP contribution in [0.25, 0.3) is 0 Å². The van der Waals surface area contributed by atoms with Gasteiger partial charge in [0, 0.05) is 4.47 Å². The van der Waals surface area contributed by atoms with Crippen LogP contribution in [0.5, 0.6) is 5.75 Å².